The van der Waals surface area contributed by atoms with E-state index < -0.39 is 0 Å². The van der Waals surface area contributed by atoms with E-state index in [1.165, 1.54) is 49.7 Å². The minimum Gasteiger partial charge on any atom is -0.120 e. The zero-order valence-electron chi connectivity index (χ0n) is 11.9. The molecule has 0 amide bonds. The monoisotopic (exact) mass is 242 g/mol. The number of benzene rings is 1. The number of rotatable bonds is 8. The molecule has 1 rings (SSSR count). The van der Waals surface area contributed by atoms with Gasteiger partial charge >= 0.3 is 0 Å². The van der Waals surface area contributed by atoms with Crippen LogP contribution in [0, 0.1) is 12.3 Å². The summed E-state index contributed by atoms with van der Waals surface area (Å²) in [6.07, 6.45) is 13.6. The molecule has 0 nitrogen and oxygen atoms in total. The standard InChI is InChI=1S/C18H26/c1-4-6-7-8-9-10-11-17-12-14-18(15-13-17)16(3)5-2/h1,12-16H,5-11H2,2-3H3. The first kappa shape index (κ1) is 14.8. The molecule has 0 aliphatic carbocycles. The molecule has 0 fully saturated rings. The van der Waals surface area contributed by atoms with E-state index in [4.69, 9.17) is 6.42 Å². The van der Waals surface area contributed by atoms with Crippen molar-refractivity contribution >= 4 is 0 Å². The van der Waals surface area contributed by atoms with Crippen LogP contribution in [-0.4, -0.2) is 0 Å². The van der Waals surface area contributed by atoms with Crippen molar-refractivity contribution in [1.82, 2.24) is 0 Å². The van der Waals surface area contributed by atoms with Crippen molar-refractivity contribution in [1.29, 1.82) is 0 Å². The summed E-state index contributed by atoms with van der Waals surface area (Å²) in [5.41, 5.74) is 2.94. The van der Waals surface area contributed by atoms with Crippen molar-refractivity contribution in [2.24, 2.45) is 0 Å². The van der Waals surface area contributed by atoms with Gasteiger partial charge in [0.15, 0.2) is 0 Å². The van der Waals surface area contributed by atoms with Crippen LogP contribution in [0.2, 0.25) is 0 Å². The average Bonchev–Trinajstić information content (AvgIpc) is 2.42. The molecule has 0 aromatic heterocycles. The molecular weight excluding hydrogens is 216 g/mol. The van der Waals surface area contributed by atoms with Crippen molar-refractivity contribution in [3.63, 3.8) is 0 Å². The second-order valence-electron chi connectivity index (χ2n) is 5.17. The Morgan fingerprint density at radius 1 is 1.06 bits per heavy atom. The largest absolute Gasteiger partial charge is 0.120 e. The quantitative estimate of drug-likeness (QED) is 0.427. The average molecular weight is 242 g/mol. The van der Waals surface area contributed by atoms with Gasteiger partial charge in [0.25, 0.3) is 0 Å². The van der Waals surface area contributed by atoms with E-state index in [9.17, 15) is 0 Å². The van der Waals surface area contributed by atoms with Gasteiger partial charge in [-0.3, -0.25) is 0 Å². The fraction of sp³-hybridized carbons (Fsp3) is 0.556. The van der Waals surface area contributed by atoms with E-state index in [0.717, 1.165) is 6.42 Å². The molecule has 0 spiro atoms. The summed E-state index contributed by atoms with van der Waals surface area (Å²) >= 11 is 0. The second kappa shape index (κ2) is 8.81. The fourth-order valence-corrected chi connectivity index (χ4v) is 2.16. The zero-order valence-corrected chi connectivity index (χ0v) is 11.9. The Kier molecular flexibility index (Phi) is 7.26. The first-order valence-corrected chi connectivity index (χ1v) is 7.30. The molecular formula is C18H26. The number of terminal acetylenes is 1. The van der Waals surface area contributed by atoms with Gasteiger partial charge in [-0.25, -0.2) is 0 Å². The van der Waals surface area contributed by atoms with E-state index >= 15 is 0 Å². The molecule has 0 radical (unpaired) electrons. The summed E-state index contributed by atoms with van der Waals surface area (Å²) in [6, 6.07) is 9.18. The lowest BCUT2D eigenvalue weighted by Crippen LogP contribution is -1.92. The number of aryl methyl sites for hydroxylation is 1. The third-order valence-corrected chi connectivity index (χ3v) is 3.70. The molecule has 0 bridgehead atoms. The van der Waals surface area contributed by atoms with Crippen molar-refractivity contribution in [2.75, 3.05) is 0 Å². The van der Waals surface area contributed by atoms with Crippen molar-refractivity contribution in [3.8, 4) is 12.3 Å². The van der Waals surface area contributed by atoms with Gasteiger partial charge in [-0.15, -0.1) is 12.3 Å². The SMILES string of the molecule is C#CCCCCCCc1ccc(C(C)CC)cc1. The van der Waals surface area contributed by atoms with Crippen LogP contribution in [0.25, 0.3) is 0 Å². The van der Waals surface area contributed by atoms with E-state index in [-0.39, 0.29) is 0 Å². The number of hydrogen-bond acceptors (Lipinski definition) is 0. The molecule has 0 heterocycles. The van der Waals surface area contributed by atoms with Crippen LogP contribution in [0.5, 0.6) is 0 Å². The molecule has 0 aliphatic rings. The maximum atomic E-state index is 5.23. The Labute approximate surface area is 113 Å². The third kappa shape index (κ3) is 5.41. The van der Waals surface area contributed by atoms with Crippen LogP contribution in [-0.2, 0) is 6.42 Å². The molecule has 1 aromatic rings. The molecule has 1 unspecified atom stereocenters. The van der Waals surface area contributed by atoms with Gasteiger partial charge < -0.3 is 0 Å². The molecule has 98 valence electrons. The summed E-state index contributed by atoms with van der Waals surface area (Å²) in [5.74, 6) is 3.38. The van der Waals surface area contributed by atoms with Crippen LogP contribution in [0.1, 0.15) is 69.4 Å². The van der Waals surface area contributed by atoms with Gasteiger partial charge in [-0.05, 0) is 42.7 Å². The molecule has 0 aliphatic heterocycles. The zero-order chi connectivity index (χ0) is 13.2. The fourth-order valence-electron chi connectivity index (χ4n) is 2.16. The van der Waals surface area contributed by atoms with Gasteiger partial charge in [0.2, 0.25) is 0 Å². The molecule has 1 aromatic carbocycles. The highest BCUT2D eigenvalue weighted by molar-refractivity contribution is 5.25. The van der Waals surface area contributed by atoms with E-state index in [0.29, 0.717) is 5.92 Å². The van der Waals surface area contributed by atoms with Crippen molar-refractivity contribution < 1.29 is 0 Å². The maximum absolute atomic E-state index is 5.23. The lowest BCUT2D eigenvalue weighted by atomic mass is 9.96. The van der Waals surface area contributed by atoms with Crippen LogP contribution in [0.3, 0.4) is 0 Å². The minimum absolute atomic E-state index is 0.683. The normalized spacial score (nSPS) is 12.1. The Balaban J connectivity index is 2.25. The Bertz CT molecular complexity index is 353. The predicted octanol–water partition coefficient (Wildman–Crippen LogP) is 5.33. The summed E-state index contributed by atoms with van der Waals surface area (Å²) in [4.78, 5) is 0. The van der Waals surface area contributed by atoms with Crippen LogP contribution < -0.4 is 0 Å². The predicted molar refractivity (Wildman–Crippen MR) is 80.8 cm³/mol. The highest BCUT2D eigenvalue weighted by atomic mass is 14.1. The smallest absolute Gasteiger partial charge is 0.00860 e. The molecule has 1 atom stereocenters. The summed E-state index contributed by atoms with van der Waals surface area (Å²) in [5, 5.41) is 0. The van der Waals surface area contributed by atoms with Crippen LogP contribution >= 0.6 is 0 Å². The first-order valence-electron chi connectivity index (χ1n) is 7.30. The first-order chi connectivity index (χ1) is 8.77. The topological polar surface area (TPSA) is 0 Å². The summed E-state index contributed by atoms with van der Waals surface area (Å²) in [6.45, 7) is 4.54. The van der Waals surface area contributed by atoms with Crippen LogP contribution in [0.4, 0.5) is 0 Å². The number of hydrogen-bond donors (Lipinski definition) is 0. The molecule has 0 N–H and O–H groups in total. The number of unbranched alkanes of at least 4 members (excludes halogenated alkanes) is 4. The third-order valence-electron chi connectivity index (χ3n) is 3.70. The summed E-state index contributed by atoms with van der Waals surface area (Å²) < 4.78 is 0. The highest BCUT2D eigenvalue weighted by Gasteiger charge is 2.02. The molecule has 0 saturated heterocycles. The second-order valence-corrected chi connectivity index (χ2v) is 5.17. The lowest BCUT2D eigenvalue weighted by Gasteiger charge is -2.09. The van der Waals surface area contributed by atoms with Crippen molar-refractivity contribution in [2.45, 2.75) is 64.7 Å². The van der Waals surface area contributed by atoms with Crippen LogP contribution in [0.15, 0.2) is 24.3 Å². The van der Waals surface area contributed by atoms with E-state index in [1.54, 1.807) is 0 Å². The maximum Gasteiger partial charge on any atom is 0.00860 e. The minimum atomic E-state index is 0.683. The highest BCUT2D eigenvalue weighted by Crippen LogP contribution is 2.19. The van der Waals surface area contributed by atoms with Gasteiger partial charge in [-0.2, -0.15) is 0 Å². The van der Waals surface area contributed by atoms with Gasteiger partial charge in [-0.1, -0.05) is 51.0 Å². The van der Waals surface area contributed by atoms with Crippen molar-refractivity contribution in [3.05, 3.63) is 35.4 Å². The van der Waals surface area contributed by atoms with E-state index in [1.807, 2.05) is 0 Å². The Morgan fingerprint density at radius 2 is 1.72 bits per heavy atom. The molecule has 0 saturated carbocycles. The lowest BCUT2D eigenvalue weighted by molar-refractivity contribution is 0.650. The molecule has 0 heteroatoms. The van der Waals surface area contributed by atoms with Gasteiger partial charge in [0, 0.05) is 6.42 Å². The van der Waals surface area contributed by atoms with Gasteiger partial charge in [0.05, 0.1) is 0 Å². The summed E-state index contributed by atoms with van der Waals surface area (Å²) in [7, 11) is 0. The van der Waals surface area contributed by atoms with Gasteiger partial charge in [0.1, 0.15) is 0 Å². The van der Waals surface area contributed by atoms with E-state index in [2.05, 4.69) is 44.0 Å². The Hall–Kier alpha value is -1.22. The Morgan fingerprint density at radius 3 is 2.33 bits per heavy atom. The molecule has 18 heavy (non-hydrogen) atoms.